The number of para-hydroxylation sites is 2. The molecule has 2 N–H and O–H groups in total. The molecule has 0 amide bonds. The largest absolute Gasteiger partial charge is 0.496 e. The third-order valence-corrected chi connectivity index (χ3v) is 4.42. The van der Waals surface area contributed by atoms with Gasteiger partial charge in [0.25, 0.3) is 0 Å². The summed E-state index contributed by atoms with van der Waals surface area (Å²) < 4.78 is 10.9. The van der Waals surface area contributed by atoms with E-state index in [1.807, 2.05) is 36.4 Å². The van der Waals surface area contributed by atoms with Crippen molar-refractivity contribution in [3.63, 3.8) is 0 Å². The predicted molar refractivity (Wildman–Crippen MR) is 112 cm³/mol. The smallest absolute Gasteiger partial charge is 0.191 e. The normalized spacial score (nSPS) is 12.4. The first-order valence-electron chi connectivity index (χ1n) is 9.46. The second-order valence-corrected chi connectivity index (χ2v) is 6.35. The molecule has 0 bridgehead atoms. The first-order valence-corrected chi connectivity index (χ1v) is 9.46. The van der Waals surface area contributed by atoms with Crippen LogP contribution in [0.2, 0.25) is 0 Å². The monoisotopic (exact) mass is 369 g/mol. The molecule has 2 rings (SSSR count). The minimum Gasteiger partial charge on any atom is -0.496 e. The van der Waals surface area contributed by atoms with Crippen molar-refractivity contribution in [3.8, 4) is 11.5 Å². The van der Waals surface area contributed by atoms with E-state index in [-0.39, 0.29) is 5.92 Å². The predicted octanol–water partition coefficient (Wildman–Crippen LogP) is 3.61. The van der Waals surface area contributed by atoms with Gasteiger partial charge in [0.1, 0.15) is 11.5 Å². The fourth-order valence-corrected chi connectivity index (χ4v) is 2.97. The number of benzene rings is 2. The van der Waals surface area contributed by atoms with E-state index in [1.54, 1.807) is 14.2 Å². The van der Waals surface area contributed by atoms with Gasteiger partial charge >= 0.3 is 0 Å². The van der Waals surface area contributed by atoms with Crippen LogP contribution >= 0.6 is 0 Å². The average molecular weight is 370 g/mol. The summed E-state index contributed by atoms with van der Waals surface area (Å²) in [7, 11) is 3.41. The number of aliphatic imine (C=N–C) groups is 1. The van der Waals surface area contributed by atoms with Gasteiger partial charge in [-0.2, -0.15) is 0 Å². The van der Waals surface area contributed by atoms with Crippen LogP contribution < -0.4 is 20.1 Å². The molecule has 1 atom stereocenters. The molecule has 0 saturated carbocycles. The summed E-state index contributed by atoms with van der Waals surface area (Å²) in [6.07, 6.45) is 0.872. The maximum atomic E-state index is 5.46. The van der Waals surface area contributed by atoms with Crippen molar-refractivity contribution in [1.29, 1.82) is 0 Å². The lowest BCUT2D eigenvalue weighted by atomic mass is 10.0. The van der Waals surface area contributed by atoms with E-state index in [2.05, 4.69) is 36.6 Å². The third kappa shape index (κ3) is 6.20. The lowest BCUT2D eigenvalue weighted by Crippen LogP contribution is -2.38. The summed E-state index contributed by atoms with van der Waals surface area (Å²) in [6.45, 7) is 6.53. The molecule has 2 aromatic carbocycles. The van der Waals surface area contributed by atoms with Gasteiger partial charge in [0.15, 0.2) is 5.96 Å². The van der Waals surface area contributed by atoms with Gasteiger partial charge in [-0.15, -0.1) is 0 Å². The number of nitrogens with zero attached hydrogens (tertiary/aromatic N) is 1. The standard InChI is InChI=1S/C22H31N3O2/c1-5-23-22(24-15-14-18-10-6-8-12-20(18)26-3)25-16-17(2)19-11-7-9-13-21(19)27-4/h6-13,17H,5,14-16H2,1-4H3,(H2,23,24,25). The molecular weight excluding hydrogens is 338 g/mol. The lowest BCUT2D eigenvalue weighted by molar-refractivity contribution is 0.407. The SMILES string of the molecule is CCNC(=NCC(C)c1ccccc1OC)NCCc1ccccc1OC. The van der Waals surface area contributed by atoms with Crippen molar-refractivity contribution in [2.24, 2.45) is 4.99 Å². The lowest BCUT2D eigenvalue weighted by Gasteiger charge is -2.16. The second-order valence-electron chi connectivity index (χ2n) is 6.35. The summed E-state index contributed by atoms with van der Waals surface area (Å²) >= 11 is 0. The molecule has 5 nitrogen and oxygen atoms in total. The zero-order valence-electron chi connectivity index (χ0n) is 16.8. The molecule has 0 aliphatic heterocycles. The number of guanidine groups is 1. The van der Waals surface area contributed by atoms with Crippen LogP contribution in [-0.2, 0) is 6.42 Å². The molecule has 5 heteroatoms. The second kappa shape index (κ2) is 11.1. The van der Waals surface area contributed by atoms with Gasteiger partial charge < -0.3 is 20.1 Å². The maximum absolute atomic E-state index is 5.46. The molecule has 27 heavy (non-hydrogen) atoms. The van der Waals surface area contributed by atoms with Crippen LogP contribution in [0, 0.1) is 0 Å². The van der Waals surface area contributed by atoms with E-state index in [4.69, 9.17) is 14.5 Å². The van der Waals surface area contributed by atoms with Gasteiger partial charge in [0, 0.05) is 25.6 Å². The number of hydrogen-bond acceptors (Lipinski definition) is 3. The number of rotatable bonds is 9. The van der Waals surface area contributed by atoms with E-state index < -0.39 is 0 Å². The van der Waals surface area contributed by atoms with Crippen molar-refractivity contribution >= 4 is 5.96 Å². The molecule has 0 aliphatic carbocycles. The van der Waals surface area contributed by atoms with Crippen LogP contribution in [0.15, 0.2) is 53.5 Å². The van der Waals surface area contributed by atoms with Gasteiger partial charge in [-0.1, -0.05) is 43.3 Å². The Morgan fingerprint density at radius 2 is 1.63 bits per heavy atom. The van der Waals surface area contributed by atoms with Gasteiger partial charge in [-0.3, -0.25) is 4.99 Å². The van der Waals surface area contributed by atoms with E-state index in [1.165, 1.54) is 11.1 Å². The molecule has 0 saturated heterocycles. The van der Waals surface area contributed by atoms with Gasteiger partial charge in [0.05, 0.1) is 14.2 Å². The van der Waals surface area contributed by atoms with Crippen molar-refractivity contribution in [1.82, 2.24) is 10.6 Å². The number of nitrogens with one attached hydrogen (secondary N) is 2. The Kier molecular flexibility index (Phi) is 8.49. The van der Waals surface area contributed by atoms with Crippen LogP contribution in [-0.4, -0.2) is 39.8 Å². The minimum atomic E-state index is 0.269. The van der Waals surface area contributed by atoms with Crippen molar-refractivity contribution in [3.05, 3.63) is 59.7 Å². The highest BCUT2D eigenvalue weighted by Crippen LogP contribution is 2.26. The van der Waals surface area contributed by atoms with Crippen molar-refractivity contribution in [2.45, 2.75) is 26.2 Å². The van der Waals surface area contributed by atoms with Crippen LogP contribution in [0.25, 0.3) is 0 Å². The van der Waals surface area contributed by atoms with Crippen molar-refractivity contribution < 1.29 is 9.47 Å². The van der Waals surface area contributed by atoms with Crippen LogP contribution in [0.4, 0.5) is 0 Å². The fraction of sp³-hybridized carbons (Fsp3) is 0.409. The van der Waals surface area contributed by atoms with E-state index in [0.29, 0.717) is 6.54 Å². The molecule has 0 fully saturated rings. The number of ether oxygens (including phenoxy) is 2. The van der Waals surface area contributed by atoms with E-state index in [9.17, 15) is 0 Å². The summed E-state index contributed by atoms with van der Waals surface area (Å²) in [5.41, 5.74) is 2.36. The van der Waals surface area contributed by atoms with Crippen LogP contribution in [0.1, 0.15) is 30.9 Å². The molecule has 0 spiro atoms. The van der Waals surface area contributed by atoms with E-state index >= 15 is 0 Å². The molecule has 2 aromatic rings. The Bertz CT molecular complexity index is 731. The summed E-state index contributed by atoms with van der Waals surface area (Å²) in [6, 6.07) is 16.2. The number of methoxy groups -OCH3 is 2. The summed E-state index contributed by atoms with van der Waals surface area (Å²) in [4.78, 5) is 4.75. The number of hydrogen-bond donors (Lipinski definition) is 2. The molecule has 0 aliphatic rings. The quantitative estimate of drug-likeness (QED) is 0.524. The van der Waals surface area contributed by atoms with Gasteiger partial charge in [-0.05, 0) is 36.6 Å². The van der Waals surface area contributed by atoms with E-state index in [0.717, 1.165) is 37.0 Å². The Morgan fingerprint density at radius 3 is 2.33 bits per heavy atom. The highest BCUT2D eigenvalue weighted by atomic mass is 16.5. The Balaban J connectivity index is 1.95. The van der Waals surface area contributed by atoms with Gasteiger partial charge in [-0.25, -0.2) is 0 Å². The average Bonchev–Trinajstić information content (AvgIpc) is 2.72. The van der Waals surface area contributed by atoms with Crippen LogP contribution in [0.3, 0.4) is 0 Å². The van der Waals surface area contributed by atoms with Crippen molar-refractivity contribution in [2.75, 3.05) is 33.9 Å². The summed E-state index contributed by atoms with van der Waals surface area (Å²) in [5, 5.41) is 6.72. The minimum absolute atomic E-state index is 0.269. The first kappa shape index (κ1) is 20.6. The highest BCUT2D eigenvalue weighted by Gasteiger charge is 2.11. The fourth-order valence-electron chi connectivity index (χ4n) is 2.97. The first-order chi connectivity index (χ1) is 13.2. The maximum Gasteiger partial charge on any atom is 0.191 e. The molecule has 0 radical (unpaired) electrons. The highest BCUT2D eigenvalue weighted by molar-refractivity contribution is 5.79. The molecule has 0 aromatic heterocycles. The van der Waals surface area contributed by atoms with Gasteiger partial charge in [0.2, 0.25) is 0 Å². The third-order valence-electron chi connectivity index (χ3n) is 4.42. The molecule has 146 valence electrons. The topological polar surface area (TPSA) is 54.9 Å². The summed E-state index contributed by atoms with van der Waals surface area (Å²) in [5.74, 6) is 2.93. The Labute approximate surface area is 162 Å². The molecular formula is C22H31N3O2. The Morgan fingerprint density at radius 1 is 0.963 bits per heavy atom. The Hall–Kier alpha value is -2.69. The van der Waals surface area contributed by atoms with Crippen LogP contribution in [0.5, 0.6) is 11.5 Å². The zero-order chi connectivity index (χ0) is 19.5. The molecule has 1 unspecified atom stereocenters. The zero-order valence-corrected chi connectivity index (χ0v) is 16.8. The molecule has 0 heterocycles.